The molecule has 5 aromatic rings. The fourth-order valence-corrected chi connectivity index (χ4v) is 4.95. The van der Waals surface area contributed by atoms with E-state index in [-0.39, 0.29) is 11.7 Å². The second-order valence-corrected chi connectivity index (χ2v) is 8.48. The summed E-state index contributed by atoms with van der Waals surface area (Å²) in [4.78, 5) is 14.8. The van der Waals surface area contributed by atoms with Gasteiger partial charge in [-0.3, -0.25) is 4.79 Å². The van der Waals surface area contributed by atoms with E-state index < -0.39 is 0 Å². The van der Waals surface area contributed by atoms with Crippen LogP contribution in [0.15, 0.2) is 84.9 Å². The third-order valence-corrected chi connectivity index (χ3v) is 6.35. The average molecular weight is 432 g/mol. The highest BCUT2D eigenvalue weighted by atomic mass is 19.1. The first-order chi connectivity index (χ1) is 16.1. The van der Waals surface area contributed by atoms with Crippen LogP contribution in [-0.4, -0.2) is 10.9 Å². The zero-order chi connectivity index (χ0) is 22.5. The molecule has 1 aliphatic carbocycles. The quantitative estimate of drug-likeness (QED) is 0.306. The SMILES string of the molecule is CC(=O)Nc1ccc2c(c1)Cc1c-2[nH]c2c(F)c(-c3ccccc3)c(-c3ccccc3)cc12. The highest BCUT2D eigenvalue weighted by Crippen LogP contribution is 2.46. The topological polar surface area (TPSA) is 44.9 Å². The van der Waals surface area contributed by atoms with Gasteiger partial charge in [-0.05, 0) is 46.0 Å². The third kappa shape index (κ3) is 3.14. The Morgan fingerprint density at radius 2 is 1.58 bits per heavy atom. The van der Waals surface area contributed by atoms with Crippen LogP contribution >= 0.6 is 0 Å². The van der Waals surface area contributed by atoms with Gasteiger partial charge in [0.2, 0.25) is 5.91 Å². The largest absolute Gasteiger partial charge is 0.352 e. The lowest BCUT2D eigenvalue weighted by Gasteiger charge is -2.13. The van der Waals surface area contributed by atoms with E-state index in [0.29, 0.717) is 17.5 Å². The molecule has 1 aliphatic rings. The van der Waals surface area contributed by atoms with E-state index in [1.807, 2.05) is 78.9 Å². The summed E-state index contributed by atoms with van der Waals surface area (Å²) in [7, 11) is 0. The lowest BCUT2D eigenvalue weighted by molar-refractivity contribution is -0.114. The van der Waals surface area contributed by atoms with Gasteiger partial charge < -0.3 is 10.3 Å². The zero-order valence-electron chi connectivity index (χ0n) is 18.1. The predicted molar refractivity (Wildman–Crippen MR) is 132 cm³/mol. The summed E-state index contributed by atoms with van der Waals surface area (Å²) in [5, 5.41) is 3.75. The molecule has 6 rings (SSSR count). The fraction of sp³-hybridized carbons (Fsp3) is 0.0690. The lowest BCUT2D eigenvalue weighted by Crippen LogP contribution is -2.05. The van der Waals surface area contributed by atoms with Gasteiger partial charge in [-0.15, -0.1) is 0 Å². The highest BCUT2D eigenvalue weighted by Gasteiger charge is 2.27. The molecule has 33 heavy (non-hydrogen) atoms. The van der Waals surface area contributed by atoms with E-state index >= 15 is 4.39 Å². The molecule has 4 heteroatoms. The van der Waals surface area contributed by atoms with Gasteiger partial charge in [0.25, 0.3) is 0 Å². The molecule has 1 heterocycles. The van der Waals surface area contributed by atoms with Crippen LogP contribution in [0.3, 0.4) is 0 Å². The normalized spacial score (nSPS) is 11.9. The Labute approximate surface area is 190 Å². The first kappa shape index (κ1) is 19.5. The number of benzene rings is 4. The van der Waals surface area contributed by atoms with Crippen LogP contribution in [0.1, 0.15) is 18.1 Å². The first-order valence-corrected chi connectivity index (χ1v) is 11.0. The van der Waals surface area contributed by atoms with Gasteiger partial charge in [0.15, 0.2) is 5.82 Å². The molecule has 0 saturated heterocycles. The van der Waals surface area contributed by atoms with Crippen molar-refractivity contribution in [3.05, 3.63) is 102 Å². The molecule has 0 unspecified atom stereocenters. The monoisotopic (exact) mass is 432 g/mol. The Hall–Kier alpha value is -4.18. The molecule has 4 aromatic carbocycles. The van der Waals surface area contributed by atoms with E-state index in [1.54, 1.807) is 0 Å². The summed E-state index contributed by atoms with van der Waals surface area (Å²) in [5.74, 6) is -0.330. The Bertz CT molecular complexity index is 1540. The molecule has 0 atom stereocenters. The molecule has 2 N–H and O–H groups in total. The molecule has 0 bridgehead atoms. The van der Waals surface area contributed by atoms with Gasteiger partial charge in [0, 0.05) is 35.5 Å². The van der Waals surface area contributed by atoms with Crippen molar-refractivity contribution in [3.63, 3.8) is 0 Å². The Balaban J connectivity index is 1.59. The van der Waals surface area contributed by atoms with Gasteiger partial charge in [-0.2, -0.15) is 0 Å². The van der Waals surface area contributed by atoms with Crippen LogP contribution in [0.25, 0.3) is 44.4 Å². The number of aromatic nitrogens is 1. The third-order valence-electron chi connectivity index (χ3n) is 6.35. The van der Waals surface area contributed by atoms with Gasteiger partial charge in [0.1, 0.15) is 0 Å². The number of aromatic amines is 1. The molecule has 1 aromatic heterocycles. The van der Waals surface area contributed by atoms with E-state index in [9.17, 15) is 4.79 Å². The second-order valence-electron chi connectivity index (χ2n) is 8.48. The molecule has 3 nitrogen and oxygen atoms in total. The standard InChI is InChI=1S/C29H21FN2O/c1-17(33)31-21-12-13-22-20(14-21)15-24-25-16-23(18-8-4-2-5-9-18)26(19-10-6-3-7-11-19)27(30)29(25)32-28(22)24/h2-14,16,32H,15H2,1H3,(H,31,33). The van der Waals surface area contributed by atoms with Crippen LogP contribution in [0, 0.1) is 5.82 Å². The lowest BCUT2D eigenvalue weighted by atomic mass is 9.91. The van der Waals surface area contributed by atoms with E-state index in [1.165, 1.54) is 6.92 Å². The molecular weight excluding hydrogens is 411 g/mol. The molecular formula is C29H21FN2O. The Kier molecular flexibility index (Phi) is 4.40. The number of fused-ring (bicyclic) bond motifs is 5. The number of anilines is 1. The molecule has 160 valence electrons. The zero-order valence-corrected chi connectivity index (χ0v) is 18.1. The molecule has 0 spiro atoms. The number of halogens is 1. The summed E-state index contributed by atoms with van der Waals surface area (Å²) in [5.41, 5.74) is 8.86. The van der Waals surface area contributed by atoms with Crippen molar-refractivity contribution in [2.75, 3.05) is 5.32 Å². The van der Waals surface area contributed by atoms with E-state index in [2.05, 4.69) is 16.4 Å². The summed E-state index contributed by atoms with van der Waals surface area (Å²) in [6, 6.07) is 27.7. The Morgan fingerprint density at radius 3 is 2.27 bits per heavy atom. The van der Waals surface area contributed by atoms with Crippen LogP contribution in [-0.2, 0) is 11.2 Å². The number of amides is 1. The van der Waals surface area contributed by atoms with E-state index in [0.717, 1.165) is 50.1 Å². The molecule has 0 aliphatic heterocycles. The van der Waals surface area contributed by atoms with Crippen LogP contribution in [0.5, 0.6) is 0 Å². The number of nitrogens with one attached hydrogen (secondary N) is 2. The van der Waals surface area contributed by atoms with Crippen molar-refractivity contribution in [1.82, 2.24) is 4.98 Å². The smallest absolute Gasteiger partial charge is 0.221 e. The van der Waals surface area contributed by atoms with Gasteiger partial charge >= 0.3 is 0 Å². The minimum absolute atomic E-state index is 0.0973. The molecule has 0 saturated carbocycles. The minimum atomic E-state index is -0.233. The fourth-order valence-electron chi connectivity index (χ4n) is 4.95. The summed E-state index contributed by atoms with van der Waals surface area (Å²) in [6.07, 6.45) is 0.691. The molecule has 0 fully saturated rings. The van der Waals surface area contributed by atoms with Crippen LogP contribution in [0.4, 0.5) is 10.1 Å². The maximum atomic E-state index is 16.2. The molecule has 0 radical (unpaired) electrons. The number of hydrogen-bond acceptors (Lipinski definition) is 1. The van der Waals surface area contributed by atoms with Gasteiger partial charge in [0.05, 0.1) is 11.2 Å². The first-order valence-electron chi connectivity index (χ1n) is 11.0. The van der Waals surface area contributed by atoms with Crippen molar-refractivity contribution in [3.8, 4) is 33.5 Å². The predicted octanol–water partition coefficient (Wildman–Crippen LogP) is 7.17. The van der Waals surface area contributed by atoms with Crippen molar-refractivity contribution in [1.29, 1.82) is 0 Å². The average Bonchev–Trinajstić information content (AvgIpc) is 3.36. The van der Waals surface area contributed by atoms with Gasteiger partial charge in [-0.25, -0.2) is 4.39 Å². The van der Waals surface area contributed by atoms with E-state index in [4.69, 9.17) is 0 Å². The molecule has 1 amide bonds. The number of carbonyl (C=O) groups excluding carboxylic acids is 1. The number of hydrogen-bond donors (Lipinski definition) is 2. The Morgan fingerprint density at radius 1 is 0.879 bits per heavy atom. The number of rotatable bonds is 3. The summed E-state index contributed by atoms with van der Waals surface area (Å²) < 4.78 is 16.2. The summed E-state index contributed by atoms with van der Waals surface area (Å²) in [6.45, 7) is 1.50. The number of carbonyl (C=O) groups is 1. The van der Waals surface area contributed by atoms with Crippen molar-refractivity contribution >= 4 is 22.5 Å². The highest BCUT2D eigenvalue weighted by molar-refractivity contribution is 6.02. The maximum Gasteiger partial charge on any atom is 0.221 e. The van der Waals surface area contributed by atoms with Crippen molar-refractivity contribution in [2.45, 2.75) is 13.3 Å². The summed E-state index contributed by atoms with van der Waals surface area (Å²) >= 11 is 0. The minimum Gasteiger partial charge on any atom is -0.352 e. The van der Waals surface area contributed by atoms with Crippen LogP contribution < -0.4 is 5.32 Å². The second kappa shape index (κ2) is 7.45. The van der Waals surface area contributed by atoms with Crippen LogP contribution in [0.2, 0.25) is 0 Å². The number of H-pyrrole nitrogens is 1. The van der Waals surface area contributed by atoms with Crippen molar-refractivity contribution in [2.24, 2.45) is 0 Å². The maximum absolute atomic E-state index is 16.2. The van der Waals surface area contributed by atoms with Crippen molar-refractivity contribution < 1.29 is 9.18 Å². The van der Waals surface area contributed by atoms with Gasteiger partial charge in [-0.1, -0.05) is 66.7 Å².